The molecular formula is C24H27N3O5. The molecule has 1 aliphatic heterocycles. The second kappa shape index (κ2) is 8.53. The summed E-state index contributed by atoms with van der Waals surface area (Å²) in [7, 11) is 0. The maximum atomic E-state index is 13.7. The van der Waals surface area contributed by atoms with Crippen molar-refractivity contribution in [2.75, 3.05) is 18.1 Å². The first-order chi connectivity index (χ1) is 15.3. The van der Waals surface area contributed by atoms with Crippen LogP contribution in [0.25, 0.3) is 11.0 Å². The first-order valence-corrected chi connectivity index (χ1v) is 10.8. The first kappa shape index (κ1) is 21.7. The molecule has 1 amide bonds. The minimum Gasteiger partial charge on any atom is -0.504 e. The molecule has 2 heterocycles. The molecule has 0 saturated carbocycles. The number of carbonyl (C=O) groups is 2. The molecule has 1 aliphatic rings. The quantitative estimate of drug-likeness (QED) is 0.347. The fraction of sp³-hybridized carbons (Fsp3) is 0.375. The summed E-state index contributed by atoms with van der Waals surface area (Å²) in [6, 6.07) is 11.0. The van der Waals surface area contributed by atoms with Crippen LogP contribution in [0.5, 0.6) is 11.5 Å². The van der Waals surface area contributed by atoms with E-state index in [9.17, 15) is 19.8 Å². The number of rotatable bonds is 6. The average molecular weight is 437 g/mol. The Hall–Kier alpha value is -3.55. The van der Waals surface area contributed by atoms with Crippen LogP contribution in [0.2, 0.25) is 0 Å². The molecule has 32 heavy (non-hydrogen) atoms. The zero-order chi connectivity index (χ0) is 23.0. The molecule has 2 atom stereocenters. The largest absolute Gasteiger partial charge is 0.504 e. The smallest absolute Gasteiger partial charge is 0.321 e. The number of benzene rings is 2. The molecule has 3 aromatic rings. The lowest BCUT2D eigenvalue weighted by Crippen LogP contribution is -2.50. The van der Waals surface area contributed by atoms with Gasteiger partial charge in [0.15, 0.2) is 17.4 Å². The molecule has 2 N–H and O–H groups in total. The zero-order valence-electron chi connectivity index (χ0n) is 18.4. The van der Waals surface area contributed by atoms with E-state index in [1.54, 1.807) is 17.9 Å². The monoisotopic (exact) mass is 437 g/mol. The molecule has 0 aliphatic carbocycles. The Morgan fingerprint density at radius 1 is 1.16 bits per heavy atom. The predicted molar refractivity (Wildman–Crippen MR) is 120 cm³/mol. The lowest BCUT2D eigenvalue weighted by molar-refractivity contribution is -0.153. The Labute approximate surface area is 186 Å². The number of nitrogens with zero attached hydrogens (tertiary/aromatic N) is 3. The number of fused-ring (bicyclic) bond motifs is 3. The van der Waals surface area contributed by atoms with Crippen molar-refractivity contribution in [2.24, 2.45) is 11.8 Å². The Morgan fingerprint density at radius 2 is 1.91 bits per heavy atom. The minimum absolute atomic E-state index is 0.139. The Morgan fingerprint density at radius 3 is 2.59 bits per heavy atom. The molecule has 168 valence electrons. The summed E-state index contributed by atoms with van der Waals surface area (Å²) in [5.74, 6) is -1.97. The van der Waals surface area contributed by atoms with Crippen molar-refractivity contribution in [1.29, 1.82) is 0 Å². The normalized spacial score (nSPS) is 18.2. The van der Waals surface area contributed by atoms with E-state index < -0.39 is 17.9 Å². The third-order valence-corrected chi connectivity index (χ3v) is 5.76. The van der Waals surface area contributed by atoms with Crippen molar-refractivity contribution in [3.05, 3.63) is 48.0 Å². The molecule has 1 aromatic heterocycles. The van der Waals surface area contributed by atoms with E-state index in [1.807, 2.05) is 28.8 Å². The summed E-state index contributed by atoms with van der Waals surface area (Å²) in [6.45, 7) is 6.40. The maximum Gasteiger partial charge on any atom is 0.321 e. The summed E-state index contributed by atoms with van der Waals surface area (Å²) >= 11 is 0. The molecule has 0 fully saturated rings. The molecule has 8 nitrogen and oxygen atoms in total. The van der Waals surface area contributed by atoms with Gasteiger partial charge in [0.25, 0.3) is 0 Å². The van der Waals surface area contributed by atoms with E-state index in [4.69, 9.17) is 9.72 Å². The van der Waals surface area contributed by atoms with Crippen molar-refractivity contribution in [3.63, 3.8) is 0 Å². The van der Waals surface area contributed by atoms with Crippen LogP contribution in [0.3, 0.4) is 0 Å². The van der Waals surface area contributed by atoms with Crippen LogP contribution >= 0.6 is 0 Å². The van der Waals surface area contributed by atoms with Crippen molar-refractivity contribution < 1.29 is 24.5 Å². The molecular weight excluding hydrogens is 410 g/mol. The van der Waals surface area contributed by atoms with Gasteiger partial charge in [0, 0.05) is 6.54 Å². The van der Waals surface area contributed by atoms with Gasteiger partial charge in [-0.15, -0.1) is 0 Å². The van der Waals surface area contributed by atoms with Gasteiger partial charge in [0.1, 0.15) is 0 Å². The number of phenolic OH excluding ortho intramolecular Hbond substituents is 2. The first-order valence-electron chi connectivity index (χ1n) is 10.8. The van der Waals surface area contributed by atoms with Crippen molar-refractivity contribution in [3.8, 4) is 11.5 Å². The number of ether oxygens (including phenoxy) is 1. The number of carbonyl (C=O) groups excluding carboxylic acids is 2. The van der Waals surface area contributed by atoms with E-state index in [0.717, 1.165) is 11.9 Å². The van der Waals surface area contributed by atoms with Crippen molar-refractivity contribution >= 4 is 28.9 Å². The molecule has 0 bridgehead atoms. The van der Waals surface area contributed by atoms with Crippen LogP contribution in [0, 0.1) is 11.8 Å². The molecule has 0 radical (unpaired) electrons. The highest BCUT2D eigenvalue weighted by Gasteiger charge is 2.47. The van der Waals surface area contributed by atoms with E-state index in [2.05, 4.69) is 13.8 Å². The lowest BCUT2D eigenvalue weighted by Gasteiger charge is -2.38. The van der Waals surface area contributed by atoms with Crippen molar-refractivity contribution in [2.45, 2.75) is 33.2 Å². The van der Waals surface area contributed by atoms with E-state index in [1.165, 1.54) is 12.1 Å². The molecule has 4 rings (SSSR count). The third-order valence-electron chi connectivity index (χ3n) is 5.76. The topological polar surface area (TPSA) is 105 Å². The fourth-order valence-corrected chi connectivity index (χ4v) is 4.17. The predicted octanol–water partition coefficient (Wildman–Crippen LogP) is 3.61. The van der Waals surface area contributed by atoms with Crippen LogP contribution in [0.1, 0.15) is 38.8 Å². The number of hydrogen-bond donors (Lipinski definition) is 2. The number of aromatic nitrogens is 2. The second-order valence-electron chi connectivity index (χ2n) is 8.37. The number of para-hydroxylation sites is 2. The third kappa shape index (κ3) is 3.66. The average Bonchev–Trinajstić information content (AvgIpc) is 3.13. The summed E-state index contributed by atoms with van der Waals surface area (Å²) in [5, 5.41) is 20.0. The fourth-order valence-electron chi connectivity index (χ4n) is 4.17. The second-order valence-corrected chi connectivity index (χ2v) is 8.37. The summed E-state index contributed by atoms with van der Waals surface area (Å²) in [4.78, 5) is 33.1. The number of hydrogen-bond acceptors (Lipinski definition) is 6. The van der Waals surface area contributed by atoms with E-state index in [0.29, 0.717) is 29.5 Å². The van der Waals surface area contributed by atoms with Crippen LogP contribution < -0.4 is 4.90 Å². The van der Waals surface area contributed by atoms with Gasteiger partial charge in [-0.1, -0.05) is 32.0 Å². The minimum atomic E-state index is -1.16. The molecule has 0 spiro atoms. The van der Waals surface area contributed by atoms with Crippen LogP contribution in [0.15, 0.2) is 42.5 Å². The molecule has 8 heteroatoms. The highest BCUT2D eigenvalue weighted by atomic mass is 16.5. The van der Waals surface area contributed by atoms with Gasteiger partial charge in [0.2, 0.25) is 11.9 Å². The Balaban J connectivity index is 1.97. The van der Waals surface area contributed by atoms with Crippen LogP contribution in [-0.4, -0.2) is 44.8 Å². The highest BCUT2D eigenvalue weighted by Crippen LogP contribution is 2.43. The zero-order valence-corrected chi connectivity index (χ0v) is 18.4. The number of esters is 1. The van der Waals surface area contributed by atoms with Gasteiger partial charge in [-0.05, 0) is 49.1 Å². The van der Waals surface area contributed by atoms with Gasteiger partial charge in [0.05, 0.1) is 23.7 Å². The van der Waals surface area contributed by atoms with Crippen molar-refractivity contribution in [1.82, 2.24) is 9.55 Å². The highest BCUT2D eigenvalue weighted by molar-refractivity contribution is 6.08. The maximum absolute atomic E-state index is 13.7. The summed E-state index contributed by atoms with van der Waals surface area (Å²) in [5.41, 5.74) is 1.96. The van der Waals surface area contributed by atoms with Gasteiger partial charge in [-0.2, -0.15) is 0 Å². The van der Waals surface area contributed by atoms with Gasteiger partial charge in [-0.3, -0.25) is 14.5 Å². The standard InChI is InChI=1S/C24H27N3O5/c1-4-32-23(31)20-21(15-9-10-18(28)19(29)13-15)27-17-8-6-5-7-16(17)25-24(27)26(22(20)30)12-11-14(2)3/h5-10,13-14,20-21,28-29H,4,11-12H2,1-3H3/t20-,21-/m1/s1. The Kier molecular flexibility index (Phi) is 5.78. The number of amides is 1. The van der Waals surface area contributed by atoms with E-state index >= 15 is 0 Å². The molecule has 2 aromatic carbocycles. The number of imidazole rings is 1. The van der Waals surface area contributed by atoms with Gasteiger partial charge >= 0.3 is 5.97 Å². The summed E-state index contributed by atoms with van der Waals surface area (Å²) < 4.78 is 7.17. The number of anilines is 1. The molecule has 0 unspecified atom stereocenters. The Bertz CT molecular complexity index is 1170. The SMILES string of the molecule is CCOC(=O)[C@H]1C(=O)N(CCC(C)C)c2nc3ccccc3n2[C@@H]1c1ccc(O)c(O)c1. The van der Waals surface area contributed by atoms with Crippen LogP contribution in [-0.2, 0) is 14.3 Å². The van der Waals surface area contributed by atoms with Gasteiger partial charge in [-0.25, -0.2) is 4.98 Å². The van der Waals surface area contributed by atoms with E-state index in [-0.39, 0.29) is 24.0 Å². The number of aromatic hydroxyl groups is 2. The van der Waals surface area contributed by atoms with Crippen LogP contribution in [0.4, 0.5) is 5.95 Å². The summed E-state index contributed by atoms with van der Waals surface area (Å²) in [6.07, 6.45) is 0.745. The molecule has 0 saturated heterocycles. The lowest BCUT2D eigenvalue weighted by atomic mass is 9.89. The number of phenols is 2. The van der Waals surface area contributed by atoms with Gasteiger partial charge < -0.3 is 19.5 Å².